The summed E-state index contributed by atoms with van der Waals surface area (Å²) in [5.41, 5.74) is -1.85. The van der Waals surface area contributed by atoms with Crippen molar-refractivity contribution in [3.63, 3.8) is 0 Å². The maximum atomic E-state index is 14.2. The lowest BCUT2D eigenvalue weighted by Gasteiger charge is -2.30. The Morgan fingerprint density at radius 2 is 1.91 bits per heavy atom. The van der Waals surface area contributed by atoms with Gasteiger partial charge in [-0.15, -0.1) is 11.3 Å². The van der Waals surface area contributed by atoms with Crippen LogP contribution < -0.4 is 10.6 Å². The van der Waals surface area contributed by atoms with Crippen LogP contribution in [0.1, 0.15) is 37.7 Å². The first kappa shape index (κ1) is 25.5. The van der Waals surface area contributed by atoms with E-state index in [0.29, 0.717) is 10.4 Å². The maximum absolute atomic E-state index is 14.2. The minimum atomic E-state index is -4.90. The van der Waals surface area contributed by atoms with Crippen molar-refractivity contribution in [2.75, 3.05) is 13.6 Å². The highest BCUT2D eigenvalue weighted by Gasteiger charge is 2.63. The fourth-order valence-corrected chi connectivity index (χ4v) is 5.67. The third-order valence-corrected chi connectivity index (χ3v) is 7.79. The lowest BCUT2D eigenvalue weighted by molar-refractivity contribution is -0.275. The Morgan fingerprint density at radius 3 is 2.49 bits per heavy atom. The third-order valence-electron chi connectivity index (χ3n) is 5.92. The average Bonchev–Trinajstić information content (AvgIpc) is 3.49. The summed E-state index contributed by atoms with van der Waals surface area (Å²) in [7, 11) is 1.45. The molecule has 188 valence electrons. The Labute approximate surface area is 211 Å². The molecule has 4 rings (SSSR count). The van der Waals surface area contributed by atoms with Crippen LogP contribution in [0.25, 0.3) is 0 Å². The van der Waals surface area contributed by atoms with Gasteiger partial charge in [-0.25, -0.2) is 4.39 Å². The number of hydrogen-bond acceptors (Lipinski definition) is 6. The molecule has 0 spiro atoms. The Balaban J connectivity index is 1.54. The summed E-state index contributed by atoms with van der Waals surface area (Å²) in [6, 6.07) is 1.67. The molecule has 2 amide bonds. The smallest absolute Gasteiger partial charge is 0.372 e. The number of thiophene rings is 1. The van der Waals surface area contributed by atoms with Crippen LogP contribution >= 0.6 is 34.5 Å². The standard InChI is InChI=1S/C21H18Cl2F4N4O3S/c1-9-11-7-31(8-14(11)35-18(9)19(33)29-6-16(32)28-2)15-5-20(34-30-15,21(25,26)27)10-3-12(22)17(24)13(23)4-10/h3-4H,5-8H2,1-2H3,(H,28,32)(H,29,33). The van der Waals surface area contributed by atoms with E-state index in [9.17, 15) is 27.2 Å². The van der Waals surface area contributed by atoms with Gasteiger partial charge in [0.2, 0.25) is 5.91 Å². The number of nitrogens with zero attached hydrogens (tertiary/aromatic N) is 2. The molecule has 0 radical (unpaired) electrons. The van der Waals surface area contributed by atoms with Crippen molar-refractivity contribution in [3.05, 3.63) is 54.4 Å². The molecule has 2 aliphatic heterocycles. The van der Waals surface area contributed by atoms with Crippen molar-refractivity contribution in [3.8, 4) is 0 Å². The first-order chi connectivity index (χ1) is 16.4. The van der Waals surface area contributed by atoms with Gasteiger partial charge in [-0.1, -0.05) is 28.4 Å². The number of fused-ring (bicyclic) bond motifs is 1. The van der Waals surface area contributed by atoms with Gasteiger partial charge in [0.25, 0.3) is 11.5 Å². The number of carbonyl (C=O) groups is 2. The fraction of sp³-hybridized carbons (Fsp3) is 0.381. The fourth-order valence-electron chi connectivity index (χ4n) is 3.94. The SMILES string of the molecule is CNC(=O)CNC(=O)c1sc2c(c1C)CN(C1=NOC(c3cc(Cl)c(F)c(Cl)c3)(C(F)(F)F)C1)C2. The topological polar surface area (TPSA) is 83.0 Å². The lowest BCUT2D eigenvalue weighted by Crippen LogP contribution is -2.44. The largest absolute Gasteiger partial charge is 0.435 e. The van der Waals surface area contributed by atoms with E-state index in [0.717, 1.165) is 22.6 Å². The molecule has 0 saturated heterocycles. The summed E-state index contributed by atoms with van der Waals surface area (Å²) in [6.45, 7) is 2.02. The predicted octanol–water partition coefficient (Wildman–Crippen LogP) is 4.49. The molecule has 0 aliphatic carbocycles. The molecule has 0 fully saturated rings. The quantitative estimate of drug-likeness (QED) is 0.432. The highest BCUT2D eigenvalue weighted by atomic mass is 35.5. The minimum absolute atomic E-state index is 0.0484. The van der Waals surface area contributed by atoms with Crippen LogP contribution in [0, 0.1) is 12.7 Å². The van der Waals surface area contributed by atoms with Crippen LogP contribution in [0.2, 0.25) is 10.0 Å². The van der Waals surface area contributed by atoms with Crippen LogP contribution in [-0.2, 0) is 28.3 Å². The van der Waals surface area contributed by atoms with Gasteiger partial charge in [0.05, 0.1) is 34.4 Å². The molecule has 35 heavy (non-hydrogen) atoms. The van der Waals surface area contributed by atoms with Crippen molar-refractivity contribution in [2.45, 2.75) is 38.2 Å². The average molecular weight is 553 g/mol. The second-order valence-corrected chi connectivity index (χ2v) is 9.94. The summed E-state index contributed by atoms with van der Waals surface area (Å²) in [5.74, 6) is -1.72. The maximum Gasteiger partial charge on any atom is 0.435 e. The zero-order valence-corrected chi connectivity index (χ0v) is 20.6. The molecule has 7 nitrogen and oxygen atoms in total. The van der Waals surface area contributed by atoms with Crippen molar-refractivity contribution >= 4 is 52.2 Å². The highest BCUT2D eigenvalue weighted by Crippen LogP contribution is 2.50. The molecule has 0 saturated carbocycles. The molecule has 1 aromatic heterocycles. The Hall–Kier alpha value is -2.57. The van der Waals surface area contributed by atoms with Crippen LogP contribution in [-0.4, -0.2) is 42.3 Å². The molecule has 1 aromatic carbocycles. The lowest BCUT2D eigenvalue weighted by atomic mass is 9.89. The molecular weight excluding hydrogens is 535 g/mol. The van der Waals surface area contributed by atoms with Gasteiger partial charge in [0.15, 0.2) is 5.82 Å². The van der Waals surface area contributed by atoms with Gasteiger partial charge in [0.1, 0.15) is 5.84 Å². The van der Waals surface area contributed by atoms with Crippen molar-refractivity contribution in [2.24, 2.45) is 5.16 Å². The predicted molar refractivity (Wildman–Crippen MR) is 122 cm³/mol. The summed E-state index contributed by atoms with van der Waals surface area (Å²) >= 11 is 12.7. The molecule has 2 N–H and O–H groups in total. The highest BCUT2D eigenvalue weighted by molar-refractivity contribution is 7.14. The minimum Gasteiger partial charge on any atom is -0.372 e. The van der Waals surface area contributed by atoms with Gasteiger partial charge in [0, 0.05) is 24.0 Å². The summed E-state index contributed by atoms with van der Waals surface area (Å²) < 4.78 is 56.5. The zero-order valence-electron chi connectivity index (χ0n) is 18.3. The number of alkyl halides is 3. The van der Waals surface area contributed by atoms with Crippen LogP contribution in [0.4, 0.5) is 17.6 Å². The Kier molecular flexibility index (Phi) is 6.66. The van der Waals surface area contributed by atoms with Crippen LogP contribution in [0.5, 0.6) is 0 Å². The second-order valence-electron chi connectivity index (χ2n) is 8.02. The first-order valence-corrected chi connectivity index (χ1v) is 11.8. The first-order valence-electron chi connectivity index (χ1n) is 10.2. The van der Waals surface area contributed by atoms with Crippen LogP contribution in [0.15, 0.2) is 17.3 Å². The molecular formula is C21H18Cl2F4N4O3S. The number of amides is 2. The van der Waals surface area contributed by atoms with E-state index in [1.54, 1.807) is 11.8 Å². The zero-order chi connectivity index (χ0) is 25.7. The second kappa shape index (κ2) is 9.14. The third kappa shape index (κ3) is 4.43. The monoisotopic (exact) mass is 552 g/mol. The van der Waals surface area contributed by atoms with Gasteiger partial charge in [-0.3, -0.25) is 9.59 Å². The normalized spacial score (nSPS) is 19.3. The van der Waals surface area contributed by atoms with Crippen molar-refractivity contribution in [1.29, 1.82) is 0 Å². The van der Waals surface area contributed by atoms with E-state index < -0.39 is 45.5 Å². The number of halogens is 6. The number of hydrogen-bond donors (Lipinski definition) is 2. The van der Waals surface area contributed by atoms with E-state index in [1.165, 1.54) is 18.4 Å². The van der Waals surface area contributed by atoms with Gasteiger partial charge in [-0.2, -0.15) is 13.2 Å². The summed E-state index contributed by atoms with van der Waals surface area (Å²) in [6.07, 6.45) is -5.57. The molecule has 0 bridgehead atoms. The molecule has 1 atom stereocenters. The van der Waals surface area contributed by atoms with E-state index >= 15 is 0 Å². The van der Waals surface area contributed by atoms with E-state index in [1.807, 2.05) is 0 Å². The molecule has 2 aromatic rings. The molecule has 14 heteroatoms. The van der Waals surface area contributed by atoms with E-state index in [-0.39, 0.29) is 31.4 Å². The molecule has 2 aliphatic rings. The molecule has 3 heterocycles. The number of rotatable bonds is 4. The number of benzene rings is 1. The summed E-state index contributed by atoms with van der Waals surface area (Å²) in [4.78, 5) is 31.7. The van der Waals surface area contributed by atoms with Gasteiger partial charge < -0.3 is 20.4 Å². The summed E-state index contributed by atoms with van der Waals surface area (Å²) in [5, 5.41) is 7.54. The Bertz CT molecular complexity index is 1230. The number of likely N-dealkylation sites (N-methyl/N-ethyl adjacent to an activating group) is 1. The van der Waals surface area contributed by atoms with Crippen molar-refractivity contribution < 1.29 is 32.0 Å². The van der Waals surface area contributed by atoms with Gasteiger partial charge >= 0.3 is 6.18 Å². The number of carbonyl (C=O) groups excluding carboxylic acids is 2. The van der Waals surface area contributed by atoms with Crippen molar-refractivity contribution in [1.82, 2.24) is 15.5 Å². The van der Waals surface area contributed by atoms with E-state index in [2.05, 4.69) is 15.8 Å². The number of nitrogens with one attached hydrogen (secondary N) is 2. The number of oxime groups is 1. The van der Waals surface area contributed by atoms with Gasteiger partial charge in [-0.05, 0) is 30.2 Å². The molecule has 1 unspecified atom stereocenters. The van der Waals surface area contributed by atoms with Crippen LogP contribution in [0.3, 0.4) is 0 Å². The number of amidine groups is 1. The van der Waals surface area contributed by atoms with E-state index in [4.69, 9.17) is 28.0 Å². The Morgan fingerprint density at radius 1 is 1.26 bits per heavy atom.